The van der Waals surface area contributed by atoms with Crippen LogP contribution in [0, 0.1) is 0 Å². The number of nitrogens with two attached hydrogens (primary N) is 1. The summed E-state index contributed by atoms with van der Waals surface area (Å²) in [5.41, 5.74) is 1.69. The van der Waals surface area contributed by atoms with Gasteiger partial charge in [0.15, 0.2) is 5.78 Å². The number of anilines is 1. The number of carbonyl (C=O) groups is 3. The molecular formula is C18H19N3O5S. The van der Waals surface area contributed by atoms with Gasteiger partial charge in [-0.3, -0.25) is 14.4 Å². The maximum atomic E-state index is 11.9. The van der Waals surface area contributed by atoms with E-state index in [1.165, 1.54) is 31.2 Å². The van der Waals surface area contributed by atoms with Gasteiger partial charge in [0.05, 0.1) is 4.90 Å². The summed E-state index contributed by atoms with van der Waals surface area (Å²) in [6, 6.07) is 12.1. The normalized spacial score (nSPS) is 10.9. The van der Waals surface area contributed by atoms with E-state index in [-0.39, 0.29) is 17.2 Å². The first-order valence-corrected chi connectivity index (χ1v) is 9.53. The van der Waals surface area contributed by atoms with Gasteiger partial charge in [0.25, 0.3) is 0 Å². The molecule has 0 heterocycles. The number of ketones is 1. The number of carbonyl (C=O) groups excluding carboxylic acids is 3. The van der Waals surface area contributed by atoms with Crippen molar-refractivity contribution in [2.24, 2.45) is 5.14 Å². The van der Waals surface area contributed by atoms with E-state index in [1.54, 1.807) is 24.3 Å². The quantitative estimate of drug-likeness (QED) is 0.497. The summed E-state index contributed by atoms with van der Waals surface area (Å²) in [6.07, 6.45) is 0.414. The first-order valence-electron chi connectivity index (χ1n) is 7.99. The van der Waals surface area contributed by atoms with E-state index in [1.807, 2.05) is 0 Å². The van der Waals surface area contributed by atoms with E-state index in [0.717, 1.165) is 5.56 Å². The zero-order chi connectivity index (χ0) is 20.0. The molecule has 0 radical (unpaired) electrons. The van der Waals surface area contributed by atoms with Crippen LogP contribution in [0.15, 0.2) is 53.4 Å². The Labute approximate surface area is 156 Å². The molecule has 2 aromatic carbocycles. The molecule has 27 heavy (non-hydrogen) atoms. The average molecular weight is 389 g/mol. The van der Waals surface area contributed by atoms with Crippen molar-refractivity contribution < 1.29 is 22.8 Å². The Hall–Kier alpha value is -3.04. The smallest absolute Gasteiger partial charge is 0.313 e. The molecule has 0 atom stereocenters. The summed E-state index contributed by atoms with van der Waals surface area (Å²) in [5, 5.41) is 9.94. The van der Waals surface area contributed by atoms with Crippen LogP contribution in [0.2, 0.25) is 0 Å². The summed E-state index contributed by atoms with van der Waals surface area (Å²) >= 11 is 0. The molecule has 2 aromatic rings. The van der Waals surface area contributed by atoms with Crippen molar-refractivity contribution in [2.45, 2.75) is 18.2 Å². The number of primary sulfonamides is 1. The van der Waals surface area contributed by atoms with Gasteiger partial charge in [-0.05, 0) is 55.3 Å². The van der Waals surface area contributed by atoms with Gasteiger partial charge in [-0.15, -0.1) is 0 Å². The van der Waals surface area contributed by atoms with Crippen LogP contribution in [0.5, 0.6) is 0 Å². The van der Waals surface area contributed by atoms with Gasteiger partial charge in [0.1, 0.15) is 0 Å². The highest BCUT2D eigenvalue weighted by molar-refractivity contribution is 7.89. The predicted octanol–water partition coefficient (Wildman–Crippen LogP) is 0.834. The molecule has 142 valence electrons. The van der Waals surface area contributed by atoms with Crippen LogP contribution in [0.3, 0.4) is 0 Å². The Morgan fingerprint density at radius 2 is 1.52 bits per heavy atom. The third-order valence-corrected chi connectivity index (χ3v) is 4.64. The van der Waals surface area contributed by atoms with Crippen LogP contribution in [-0.2, 0) is 26.0 Å². The number of hydrogen-bond donors (Lipinski definition) is 3. The van der Waals surface area contributed by atoms with E-state index >= 15 is 0 Å². The van der Waals surface area contributed by atoms with Crippen molar-refractivity contribution in [2.75, 3.05) is 11.9 Å². The van der Waals surface area contributed by atoms with Crippen molar-refractivity contribution in [1.29, 1.82) is 0 Å². The van der Waals surface area contributed by atoms with E-state index in [2.05, 4.69) is 10.6 Å². The summed E-state index contributed by atoms with van der Waals surface area (Å²) in [5.74, 6) is -1.72. The maximum Gasteiger partial charge on any atom is 0.313 e. The highest BCUT2D eigenvalue weighted by Crippen LogP contribution is 2.10. The standard InChI is InChI=1S/C18H19N3O5S/c1-12(22)14-4-6-15(7-5-14)21-18(24)17(23)20-11-10-13-2-8-16(9-3-13)27(19,25)26/h2-9H,10-11H2,1H3,(H,20,23)(H,21,24)(H2,19,25,26). The molecule has 0 fully saturated rings. The van der Waals surface area contributed by atoms with E-state index in [9.17, 15) is 22.8 Å². The lowest BCUT2D eigenvalue weighted by Gasteiger charge is -2.07. The molecule has 0 unspecified atom stereocenters. The van der Waals surface area contributed by atoms with Crippen LogP contribution in [0.4, 0.5) is 5.69 Å². The Kier molecular flexibility index (Phi) is 6.43. The van der Waals surface area contributed by atoms with Crippen molar-refractivity contribution in [3.05, 3.63) is 59.7 Å². The lowest BCUT2D eigenvalue weighted by molar-refractivity contribution is -0.136. The second-order valence-electron chi connectivity index (χ2n) is 5.78. The molecule has 2 rings (SSSR count). The van der Waals surface area contributed by atoms with Gasteiger partial charge >= 0.3 is 11.8 Å². The third-order valence-electron chi connectivity index (χ3n) is 3.71. The van der Waals surface area contributed by atoms with Crippen molar-refractivity contribution in [1.82, 2.24) is 5.32 Å². The minimum atomic E-state index is -3.74. The zero-order valence-electron chi connectivity index (χ0n) is 14.6. The van der Waals surface area contributed by atoms with Gasteiger partial charge in [0, 0.05) is 17.8 Å². The fraction of sp³-hybridized carbons (Fsp3) is 0.167. The molecule has 0 aliphatic carbocycles. The average Bonchev–Trinajstić information content (AvgIpc) is 2.61. The van der Waals surface area contributed by atoms with E-state index in [4.69, 9.17) is 5.14 Å². The van der Waals surface area contributed by atoms with E-state index in [0.29, 0.717) is 17.7 Å². The zero-order valence-corrected chi connectivity index (χ0v) is 15.4. The topological polar surface area (TPSA) is 135 Å². The Morgan fingerprint density at radius 3 is 2.04 bits per heavy atom. The van der Waals surface area contributed by atoms with Crippen molar-refractivity contribution in [3.8, 4) is 0 Å². The number of sulfonamides is 1. The van der Waals surface area contributed by atoms with Crippen LogP contribution in [-0.4, -0.2) is 32.6 Å². The fourth-order valence-electron chi connectivity index (χ4n) is 2.22. The van der Waals surface area contributed by atoms with Gasteiger partial charge in [-0.2, -0.15) is 0 Å². The van der Waals surface area contributed by atoms with Gasteiger partial charge in [0.2, 0.25) is 10.0 Å². The molecule has 0 spiro atoms. The molecular weight excluding hydrogens is 370 g/mol. The lowest BCUT2D eigenvalue weighted by atomic mass is 10.1. The number of hydrogen-bond acceptors (Lipinski definition) is 5. The molecule has 8 nitrogen and oxygen atoms in total. The minimum absolute atomic E-state index is 0.00505. The second-order valence-corrected chi connectivity index (χ2v) is 7.34. The maximum absolute atomic E-state index is 11.9. The Bertz CT molecular complexity index is 951. The predicted molar refractivity (Wildman–Crippen MR) is 99.6 cm³/mol. The summed E-state index contributed by atoms with van der Waals surface area (Å²) in [7, 11) is -3.74. The third kappa shape index (κ3) is 6.01. The number of nitrogens with one attached hydrogen (secondary N) is 2. The fourth-order valence-corrected chi connectivity index (χ4v) is 2.74. The summed E-state index contributed by atoms with van der Waals surface area (Å²) in [4.78, 5) is 34.9. The number of rotatable bonds is 6. The van der Waals surface area contributed by atoms with Crippen molar-refractivity contribution in [3.63, 3.8) is 0 Å². The number of amides is 2. The second kappa shape index (κ2) is 8.56. The molecule has 9 heteroatoms. The lowest BCUT2D eigenvalue weighted by Crippen LogP contribution is -2.36. The van der Waals surface area contributed by atoms with Gasteiger partial charge in [-0.1, -0.05) is 12.1 Å². The van der Waals surface area contributed by atoms with Crippen LogP contribution < -0.4 is 15.8 Å². The molecule has 2 amide bonds. The highest BCUT2D eigenvalue weighted by atomic mass is 32.2. The molecule has 0 bridgehead atoms. The molecule has 0 aromatic heterocycles. The minimum Gasteiger partial charge on any atom is -0.347 e. The first kappa shape index (κ1) is 20.3. The monoisotopic (exact) mass is 389 g/mol. The largest absolute Gasteiger partial charge is 0.347 e. The molecule has 0 aliphatic rings. The van der Waals surface area contributed by atoms with Crippen LogP contribution in [0.25, 0.3) is 0 Å². The summed E-state index contributed by atoms with van der Waals surface area (Å²) < 4.78 is 22.4. The molecule has 4 N–H and O–H groups in total. The highest BCUT2D eigenvalue weighted by Gasteiger charge is 2.13. The molecule has 0 aliphatic heterocycles. The summed E-state index contributed by atoms with van der Waals surface area (Å²) in [6.45, 7) is 1.63. The number of Topliss-reactive ketones (excluding diaryl/α,β-unsaturated/α-hetero) is 1. The van der Waals surface area contributed by atoms with Gasteiger partial charge < -0.3 is 10.6 Å². The molecule has 0 saturated heterocycles. The Morgan fingerprint density at radius 1 is 0.926 bits per heavy atom. The van der Waals surface area contributed by atoms with Gasteiger partial charge in [-0.25, -0.2) is 13.6 Å². The van der Waals surface area contributed by atoms with E-state index < -0.39 is 21.8 Å². The number of benzene rings is 2. The first-order chi connectivity index (χ1) is 12.7. The van der Waals surface area contributed by atoms with Crippen molar-refractivity contribution >= 4 is 33.3 Å². The Balaban J connectivity index is 1.82. The SMILES string of the molecule is CC(=O)c1ccc(NC(=O)C(=O)NCCc2ccc(S(N)(=O)=O)cc2)cc1. The molecule has 0 saturated carbocycles. The van der Waals surface area contributed by atoms with Crippen LogP contribution >= 0.6 is 0 Å². The van der Waals surface area contributed by atoms with Crippen LogP contribution in [0.1, 0.15) is 22.8 Å².